The van der Waals surface area contributed by atoms with Crippen molar-refractivity contribution >= 4 is 28.3 Å². The van der Waals surface area contributed by atoms with Gasteiger partial charge in [0.05, 0.1) is 31.5 Å². The maximum Gasteiger partial charge on any atom is 0.273 e. The van der Waals surface area contributed by atoms with E-state index in [1.807, 2.05) is 6.07 Å². The molecule has 172 valence electrons. The molecule has 1 atom stereocenters. The lowest BCUT2D eigenvalue weighted by atomic mass is 9.94. The number of nitrogens with zero attached hydrogens (tertiary/aromatic N) is 6. The van der Waals surface area contributed by atoms with E-state index in [0.29, 0.717) is 49.6 Å². The largest absolute Gasteiger partial charge is 0.383 e. The first-order valence-corrected chi connectivity index (χ1v) is 11.4. The predicted octanol–water partition coefficient (Wildman–Crippen LogP) is 2.11. The van der Waals surface area contributed by atoms with Gasteiger partial charge in [0.1, 0.15) is 5.69 Å². The number of piperidine rings is 1. The molecule has 0 unspecified atom stereocenters. The van der Waals surface area contributed by atoms with E-state index in [2.05, 4.69) is 31.2 Å². The second-order valence-corrected chi connectivity index (χ2v) is 8.34. The molecule has 0 bridgehead atoms. The van der Waals surface area contributed by atoms with Gasteiger partial charge < -0.3 is 19.7 Å². The van der Waals surface area contributed by atoms with Gasteiger partial charge >= 0.3 is 0 Å². The van der Waals surface area contributed by atoms with Gasteiger partial charge in [-0.2, -0.15) is 5.26 Å². The van der Waals surface area contributed by atoms with Crippen LogP contribution in [0.5, 0.6) is 0 Å². The third kappa shape index (κ3) is 6.67. The third-order valence-corrected chi connectivity index (χ3v) is 6.01. The SMILES string of the molecule is COCCN(CCOC)C(=O)c1csc(Nc2nccc([C@@H]3CCCN(CC#N)C3)n2)n1. The van der Waals surface area contributed by atoms with E-state index in [9.17, 15) is 4.79 Å². The summed E-state index contributed by atoms with van der Waals surface area (Å²) < 4.78 is 10.2. The summed E-state index contributed by atoms with van der Waals surface area (Å²) in [5.74, 6) is 0.547. The molecular formula is C21H29N7O3S. The zero-order valence-electron chi connectivity index (χ0n) is 18.5. The van der Waals surface area contributed by atoms with Crippen molar-refractivity contribution < 1.29 is 14.3 Å². The molecular weight excluding hydrogens is 430 g/mol. The lowest BCUT2D eigenvalue weighted by molar-refractivity contribution is 0.0622. The number of anilines is 2. The van der Waals surface area contributed by atoms with Crippen LogP contribution in [0.15, 0.2) is 17.6 Å². The highest BCUT2D eigenvalue weighted by Crippen LogP contribution is 2.26. The van der Waals surface area contributed by atoms with Crippen LogP contribution in [0.1, 0.15) is 34.9 Å². The fourth-order valence-corrected chi connectivity index (χ4v) is 4.28. The molecule has 3 rings (SSSR count). The molecule has 1 aliphatic rings. The summed E-state index contributed by atoms with van der Waals surface area (Å²) in [5, 5.41) is 14.4. The maximum atomic E-state index is 12.8. The van der Waals surface area contributed by atoms with Crippen LogP contribution in [0.25, 0.3) is 0 Å². The molecule has 0 radical (unpaired) electrons. The number of likely N-dealkylation sites (tertiary alicyclic amines) is 1. The van der Waals surface area contributed by atoms with E-state index in [0.717, 1.165) is 31.6 Å². The lowest BCUT2D eigenvalue weighted by Gasteiger charge is -2.30. The van der Waals surface area contributed by atoms with Crippen molar-refractivity contribution in [2.45, 2.75) is 18.8 Å². The lowest BCUT2D eigenvalue weighted by Crippen LogP contribution is -2.36. The van der Waals surface area contributed by atoms with Crippen LogP contribution in [0.2, 0.25) is 0 Å². The molecule has 2 aromatic heterocycles. The second kappa shape index (κ2) is 12.4. The molecule has 0 aliphatic carbocycles. The molecule has 1 amide bonds. The van der Waals surface area contributed by atoms with Gasteiger partial charge in [0, 0.05) is 51.3 Å². The minimum Gasteiger partial charge on any atom is -0.383 e. The number of thiazole rings is 1. The smallest absolute Gasteiger partial charge is 0.273 e. The van der Waals surface area contributed by atoms with Gasteiger partial charge in [0.25, 0.3) is 5.91 Å². The highest BCUT2D eigenvalue weighted by atomic mass is 32.1. The van der Waals surface area contributed by atoms with Crippen LogP contribution in [-0.2, 0) is 9.47 Å². The zero-order valence-corrected chi connectivity index (χ0v) is 19.3. The van der Waals surface area contributed by atoms with Crippen LogP contribution >= 0.6 is 11.3 Å². The van der Waals surface area contributed by atoms with E-state index in [1.54, 1.807) is 30.7 Å². The molecule has 2 aromatic rings. The van der Waals surface area contributed by atoms with Crippen LogP contribution in [0, 0.1) is 11.3 Å². The van der Waals surface area contributed by atoms with Crippen LogP contribution < -0.4 is 5.32 Å². The molecule has 0 saturated carbocycles. The first kappa shape index (κ1) is 24.0. The number of aromatic nitrogens is 3. The number of hydrogen-bond donors (Lipinski definition) is 1. The van der Waals surface area contributed by atoms with Crippen molar-refractivity contribution in [2.24, 2.45) is 0 Å². The minimum atomic E-state index is -0.169. The number of ether oxygens (including phenoxy) is 2. The van der Waals surface area contributed by atoms with E-state index in [4.69, 9.17) is 14.7 Å². The van der Waals surface area contributed by atoms with Crippen molar-refractivity contribution in [1.29, 1.82) is 5.26 Å². The van der Waals surface area contributed by atoms with Gasteiger partial charge in [-0.25, -0.2) is 15.0 Å². The number of nitrogens with one attached hydrogen (secondary N) is 1. The van der Waals surface area contributed by atoms with Gasteiger partial charge in [0.15, 0.2) is 5.13 Å². The standard InChI is InChI=1S/C21H29N7O3S/c1-30-12-10-28(11-13-31-2)19(29)18-15-32-21(25-18)26-20-23-7-5-17(24-20)16-4-3-8-27(14-16)9-6-22/h5,7,15-16H,3-4,8-14H2,1-2H3,(H,23,24,25,26)/t16-/m1/s1. The predicted molar refractivity (Wildman–Crippen MR) is 121 cm³/mol. The Morgan fingerprint density at radius 1 is 1.34 bits per heavy atom. The maximum absolute atomic E-state index is 12.8. The molecule has 1 saturated heterocycles. The Morgan fingerprint density at radius 2 is 2.12 bits per heavy atom. The Bertz CT molecular complexity index is 909. The number of carbonyl (C=O) groups excluding carboxylic acids is 1. The average molecular weight is 460 g/mol. The summed E-state index contributed by atoms with van der Waals surface area (Å²) in [7, 11) is 3.21. The van der Waals surface area contributed by atoms with Gasteiger partial charge in [-0.3, -0.25) is 9.69 Å². The van der Waals surface area contributed by atoms with Gasteiger partial charge in [-0.15, -0.1) is 11.3 Å². The van der Waals surface area contributed by atoms with Gasteiger partial charge in [0.2, 0.25) is 5.95 Å². The summed E-state index contributed by atoms with van der Waals surface area (Å²) >= 11 is 1.33. The van der Waals surface area contributed by atoms with Gasteiger partial charge in [-0.1, -0.05) is 0 Å². The van der Waals surface area contributed by atoms with Crippen LogP contribution in [0.4, 0.5) is 11.1 Å². The average Bonchev–Trinajstić information content (AvgIpc) is 3.28. The molecule has 0 spiro atoms. The quantitative estimate of drug-likeness (QED) is 0.504. The number of carbonyl (C=O) groups is 1. The Kier molecular flexibility index (Phi) is 9.30. The fraction of sp³-hybridized carbons (Fsp3) is 0.571. The second-order valence-electron chi connectivity index (χ2n) is 7.48. The third-order valence-electron chi connectivity index (χ3n) is 5.26. The molecule has 1 aliphatic heterocycles. The number of methoxy groups -OCH3 is 2. The van der Waals surface area contributed by atoms with Crippen molar-refractivity contribution in [3.63, 3.8) is 0 Å². The first-order chi connectivity index (χ1) is 15.6. The molecule has 32 heavy (non-hydrogen) atoms. The molecule has 0 aromatic carbocycles. The fourth-order valence-electron chi connectivity index (χ4n) is 3.61. The summed E-state index contributed by atoms with van der Waals surface area (Å²) in [6.45, 7) is 4.02. The zero-order chi connectivity index (χ0) is 22.8. The van der Waals surface area contributed by atoms with Crippen LogP contribution in [0.3, 0.4) is 0 Å². The number of hydrogen-bond acceptors (Lipinski definition) is 10. The number of nitriles is 1. The topological polar surface area (TPSA) is 116 Å². The van der Waals surface area contributed by atoms with E-state index in [1.165, 1.54) is 11.3 Å². The van der Waals surface area contributed by atoms with E-state index < -0.39 is 0 Å². The Morgan fingerprint density at radius 3 is 2.84 bits per heavy atom. The van der Waals surface area contributed by atoms with Crippen molar-refractivity contribution in [3.8, 4) is 6.07 Å². The Hall–Kier alpha value is -2.65. The highest BCUT2D eigenvalue weighted by Gasteiger charge is 2.23. The molecule has 11 heteroatoms. The van der Waals surface area contributed by atoms with Crippen molar-refractivity contribution in [1.82, 2.24) is 24.8 Å². The van der Waals surface area contributed by atoms with E-state index in [-0.39, 0.29) is 11.8 Å². The summed E-state index contributed by atoms with van der Waals surface area (Å²) in [6.07, 6.45) is 3.80. The first-order valence-electron chi connectivity index (χ1n) is 10.6. The summed E-state index contributed by atoms with van der Waals surface area (Å²) in [6, 6.07) is 4.15. The van der Waals surface area contributed by atoms with E-state index >= 15 is 0 Å². The number of amides is 1. The summed E-state index contributed by atoms with van der Waals surface area (Å²) in [4.78, 5) is 30.1. The minimum absolute atomic E-state index is 0.169. The van der Waals surface area contributed by atoms with Crippen LogP contribution in [-0.4, -0.2) is 90.8 Å². The molecule has 10 nitrogen and oxygen atoms in total. The molecule has 1 fully saturated rings. The molecule has 3 heterocycles. The summed E-state index contributed by atoms with van der Waals surface area (Å²) in [5.41, 5.74) is 1.31. The molecule has 1 N–H and O–H groups in total. The van der Waals surface area contributed by atoms with Gasteiger partial charge in [-0.05, 0) is 25.5 Å². The van der Waals surface area contributed by atoms with Crippen molar-refractivity contribution in [2.75, 3.05) is 65.5 Å². The Labute approximate surface area is 192 Å². The normalized spacial score (nSPS) is 16.5. The number of rotatable bonds is 11. The monoisotopic (exact) mass is 459 g/mol. The highest BCUT2D eigenvalue weighted by molar-refractivity contribution is 7.14. The van der Waals surface area contributed by atoms with Crippen molar-refractivity contribution in [3.05, 3.63) is 29.0 Å². The Balaban J connectivity index is 1.65.